The maximum atomic E-state index is 5.82. The van der Waals surface area contributed by atoms with Gasteiger partial charge in [-0.15, -0.1) is 0 Å². The van der Waals surface area contributed by atoms with Gasteiger partial charge in [-0.1, -0.05) is 49.4 Å². The molecule has 2 aromatic carbocycles. The van der Waals surface area contributed by atoms with Crippen LogP contribution in [0.5, 0.6) is 0 Å². The number of anilines is 1. The van der Waals surface area contributed by atoms with E-state index in [9.17, 15) is 0 Å². The van der Waals surface area contributed by atoms with Gasteiger partial charge in [0.2, 0.25) is 0 Å². The molecule has 0 saturated heterocycles. The van der Waals surface area contributed by atoms with Crippen molar-refractivity contribution in [1.82, 2.24) is 4.90 Å². The summed E-state index contributed by atoms with van der Waals surface area (Å²) >= 11 is 0. The van der Waals surface area contributed by atoms with Crippen molar-refractivity contribution >= 4 is 5.69 Å². The fraction of sp³-hybridized carbons (Fsp3) is 0.294. The third-order valence-electron chi connectivity index (χ3n) is 3.36. The molecule has 2 nitrogen and oxygen atoms in total. The average Bonchev–Trinajstić information content (AvgIpc) is 2.44. The van der Waals surface area contributed by atoms with Crippen LogP contribution in [0, 0.1) is 0 Å². The maximum absolute atomic E-state index is 5.82. The Balaban J connectivity index is 1.90. The van der Waals surface area contributed by atoms with Gasteiger partial charge in [0.15, 0.2) is 0 Å². The monoisotopic (exact) mass is 254 g/mol. The van der Waals surface area contributed by atoms with Crippen LogP contribution < -0.4 is 5.73 Å². The van der Waals surface area contributed by atoms with Gasteiger partial charge in [0.1, 0.15) is 0 Å². The van der Waals surface area contributed by atoms with Gasteiger partial charge in [-0.2, -0.15) is 0 Å². The van der Waals surface area contributed by atoms with Crippen molar-refractivity contribution in [2.75, 3.05) is 18.8 Å². The molecule has 0 bridgehead atoms. The van der Waals surface area contributed by atoms with Crippen LogP contribution in [0.1, 0.15) is 18.1 Å². The van der Waals surface area contributed by atoms with Crippen LogP contribution in [0.4, 0.5) is 5.69 Å². The normalized spacial score (nSPS) is 10.8. The third kappa shape index (κ3) is 4.42. The SMILES string of the molecule is CCN(CCc1ccccc1)Cc1cccc(N)c1. The highest BCUT2D eigenvalue weighted by Crippen LogP contribution is 2.10. The number of likely N-dealkylation sites (N-methyl/N-ethyl adjacent to an activating group) is 1. The lowest BCUT2D eigenvalue weighted by molar-refractivity contribution is 0.283. The van der Waals surface area contributed by atoms with Crippen molar-refractivity contribution in [1.29, 1.82) is 0 Å². The van der Waals surface area contributed by atoms with Gasteiger partial charge >= 0.3 is 0 Å². The molecule has 0 saturated carbocycles. The zero-order chi connectivity index (χ0) is 13.5. The first-order valence-corrected chi connectivity index (χ1v) is 6.88. The molecule has 0 heterocycles. The fourth-order valence-electron chi connectivity index (χ4n) is 2.23. The van der Waals surface area contributed by atoms with Crippen LogP contribution >= 0.6 is 0 Å². The molecule has 2 rings (SSSR count). The predicted octanol–water partition coefficient (Wildman–Crippen LogP) is 3.33. The minimum absolute atomic E-state index is 0.844. The summed E-state index contributed by atoms with van der Waals surface area (Å²) in [5.74, 6) is 0. The van der Waals surface area contributed by atoms with E-state index in [0.717, 1.165) is 31.7 Å². The summed E-state index contributed by atoms with van der Waals surface area (Å²) in [4.78, 5) is 2.45. The van der Waals surface area contributed by atoms with E-state index in [2.05, 4.69) is 54.3 Å². The Kier molecular flexibility index (Phi) is 4.99. The van der Waals surface area contributed by atoms with Gasteiger partial charge < -0.3 is 5.73 Å². The van der Waals surface area contributed by atoms with Gasteiger partial charge in [0.25, 0.3) is 0 Å². The Labute approximate surface area is 115 Å². The second kappa shape index (κ2) is 6.95. The largest absolute Gasteiger partial charge is 0.399 e. The third-order valence-corrected chi connectivity index (χ3v) is 3.36. The average molecular weight is 254 g/mol. The first kappa shape index (κ1) is 13.6. The molecule has 19 heavy (non-hydrogen) atoms. The van der Waals surface area contributed by atoms with Crippen molar-refractivity contribution in [3.63, 3.8) is 0 Å². The lowest BCUT2D eigenvalue weighted by atomic mass is 10.1. The van der Waals surface area contributed by atoms with Crippen molar-refractivity contribution < 1.29 is 0 Å². The van der Waals surface area contributed by atoms with Crippen LogP contribution in [0.3, 0.4) is 0 Å². The molecule has 0 spiro atoms. The summed E-state index contributed by atoms with van der Waals surface area (Å²) in [6.07, 6.45) is 1.09. The minimum Gasteiger partial charge on any atom is -0.399 e. The lowest BCUT2D eigenvalue weighted by Crippen LogP contribution is -2.25. The molecule has 2 heteroatoms. The molecular formula is C17H22N2. The molecular weight excluding hydrogens is 232 g/mol. The molecule has 100 valence electrons. The molecule has 0 atom stereocenters. The quantitative estimate of drug-likeness (QED) is 0.801. The standard InChI is InChI=1S/C17H22N2/c1-2-19(12-11-15-7-4-3-5-8-15)14-16-9-6-10-17(18)13-16/h3-10,13H,2,11-12,14,18H2,1H3. The van der Waals surface area contributed by atoms with E-state index in [-0.39, 0.29) is 0 Å². The molecule has 0 amide bonds. The molecule has 0 aliphatic carbocycles. The number of hydrogen-bond acceptors (Lipinski definition) is 2. The van der Waals surface area contributed by atoms with Crippen LogP contribution in [-0.4, -0.2) is 18.0 Å². The van der Waals surface area contributed by atoms with Crippen molar-refractivity contribution in [3.8, 4) is 0 Å². The number of nitrogens with zero attached hydrogens (tertiary/aromatic N) is 1. The van der Waals surface area contributed by atoms with E-state index in [4.69, 9.17) is 5.73 Å². The highest BCUT2D eigenvalue weighted by atomic mass is 15.1. The van der Waals surface area contributed by atoms with E-state index in [0.29, 0.717) is 0 Å². The summed E-state index contributed by atoms with van der Waals surface area (Å²) in [6, 6.07) is 18.8. The second-order valence-electron chi connectivity index (χ2n) is 4.85. The molecule has 0 aromatic heterocycles. The van der Waals surface area contributed by atoms with Gasteiger partial charge in [0, 0.05) is 18.8 Å². The summed E-state index contributed by atoms with van der Waals surface area (Å²) in [6.45, 7) is 5.31. The Morgan fingerprint density at radius 3 is 2.37 bits per heavy atom. The molecule has 2 N–H and O–H groups in total. The number of benzene rings is 2. The summed E-state index contributed by atoms with van der Waals surface area (Å²) in [5, 5.41) is 0. The van der Waals surface area contributed by atoms with E-state index in [1.165, 1.54) is 11.1 Å². The van der Waals surface area contributed by atoms with E-state index < -0.39 is 0 Å². The van der Waals surface area contributed by atoms with E-state index in [1.807, 2.05) is 12.1 Å². The van der Waals surface area contributed by atoms with Gasteiger partial charge in [-0.3, -0.25) is 4.90 Å². The van der Waals surface area contributed by atoms with Crippen LogP contribution in [-0.2, 0) is 13.0 Å². The number of nitrogens with two attached hydrogens (primary N) is 1. The number of hydrogen-bond donors (Lipinski definition) is 1. The second-order valence-corrected chi connectivity index (χ2v) is 4.85. The van der Waals surface area contributed by atoms with E-state index in [1.54, 1.807) is 0 Å². The molecule has 0 fully saturated rings. The Morgan fingerprint density at radius 2 is 1.68 bits per heavy atom. The van der Waals surface area contributed by atoms with Crippen LogP contribution in [0.2, 0.25) is 0 Å². The van der Waals surface area contributed by atoms with Gasteiger partial charge in [-0.25, -0.2) is 0 Å². The maximum Gasteiger partial charge on any atom is 0.0317 e. The number of nitrogen functional groups attached to an aromatic ring is 1. The van der Waals surface area contributed by atoms with E-state index >= 15 is 0 Å². The first-order valence-electron chi connectivity index (χ1n) is 6.88. The van der Waals surface area contributed by atoms with Crippen molar-refractivity contribution in [2.24, 2.45) is 0 Å². The van der Waals surface area contributed by atoms with Crippen molar-refractivity contribution in [3.05, 3.63) is 65.7 Å². The summed E-state index contributed by atoms with van der Waals surface area (Å²) in [5.41, 5.74) is 9.35. The molecule has 0 aliphatic rings. The van der Waals surface area contributed by atoms with Gasteiger partial charge in [-0.05, 0) is 36.2 Å². The Bertz CT molecular complexity index is 494. The Hall–Kier alpha value is -1.80. The number of rotatable bonds is 6. The molecule has 0 unspecified atom stereocenters. The topological polar surface area (TPSA) is 29.3 Å². The lowest BCUT2D eigenvalue weighted by Gasteiger charge is -2.20. The van der Waals surface area contributed by atoms with Crippen molar-refractivity contribution in [2.45, 2.75) is 19.9 Å². The van der Waals surface area contributed by atoms with Crippen LogP contribution in [0.25, 0.3) is 0 Å². The van der Waals surface area contributed by atoms with Crippen LogP contribution in [0.15, 0.2) is 54.6 Å². The highest BCUT2D eigenvalue weighted by molar-refractivity contribution is 5.40. The summed E-state index contributed by atoms with van der Waals surface area (Å²) in [7, 11) is 0. The predicted molar refractivity (Wildman–Crippen MR) is 82.0 cm³/mol. The summed E-state index contributed by atoms with van der Waals surface area (Å²) < 4.78 is 0. The minimum atomic E-state index is 0.844. The molecule has 0 radical (unpaired) electrons. The first-order chi connectivity index (χ1) is 9.28. The fourth-order valence-corrected chi connectivity index (χ4v) is 2.23. The zero-order valence-corrected chi connectivity index (χ0v) is 11.5. The van der Waals surface area contributed by atoms with Gasteiger partial charge in [0.05, 0.1) is 0 Å². The highest BCUT2D eigenvalue weighted by Gasteiger charge is 2.04. The molecule has 2 aromatic rings. The Morgan fingerprint density at radius 1 is 0.947 bits per heavy atom. The molecule has 0 aliphatic heterocycles. The smallest absolute Gasteiger partial charge is 0.0317 e. The zero-order valence-electron chi connectivity index (χ0n) is 11.5.